The van der Waals surface area contributed by atoms with E-state index in [1.165, 1.54) is 0 Å². The maximum absolute atomic E-state index is 14.0. The molecule has 61 heavy (non-hydrogen) atoms. The summed E-state index contributed by atoms with van der Waals surface area (Å²) in [6, 6.07) is 7.34. The topological polar surface area (TPSA) is 89.5 Å². The van der Waals surface area contributed by atoms with Crippen molar-refractivity contribution in [1.29, 1.82) is 0 Å². The molecule has 3 saturated heterocycles. The molecule has 0 amide bonds. The number of benzene rings is 1. The molecule has 0 bridgehead atoms. The van der Waals surface area contributed by atoms with Gasteiger partial charge >= 0.3 is 0 Å². The van der Waals surface area contributed by atoms with Gasteiger partial charge in [0.25, 0.3) is 0 Å². The molecule has 3 heterocycles. The van der Waals surface area contributed by atoms with Crippen LogP contribution in [0.3, 0.4) is 0 Å². The summed E-state index contributed by atoms with van der Waals surface area (Å²) in [7, 11) is -7.77. The molecular formula is C49H83ClO8SSi2. The minimum atomic E-state index is -3.56. The van der Waals surface area contributed by atoms with Crippen LogP contribution in [0.5, 0.6) is 0 Å². The Balaban J connectivity index is 1.39. The Morgan fingerprint density at radius 3 is 2.13 bits per heavy atom. The first kappa shape index (κ1) is 52.5. The summed E-state index contributed by atoms with van der Waals surface area (Å²) in [5, 5.41) is -0.0187. The van der Waals surface area contributed by atoms with Crippen molar-refractivity contribution < 1.29 is 36.2 Å². The number of allylic oxidation sites excluding steroid dienone is 2. The predicted molar refractivity (Wildman–Crippen MR) is 257 cm³/mol. The summed E-state index contributed by atoms with van der Waals surface area (Å²) in [5.41, 5.74) is 4.11. The van der Waals surface area contributed by atoms with E-state index in [1.54, 1.807) is 12.1 Å². The van der Waals surface area contributed by atoms with Crippen molar-refractivity contribution in [3.05, 3.63) is 66.3 Å². The van der Waals surface area contributed by atoms with Gasteiger partial charge in [-0.25, -0.2) is 8.42 Å². The van der Waals surface area contributed by atoms with Gasteiger partial charge in [-0.3, -0.25) is 0 Å². The summed E-state index contributed by atoms with van der Waals surface area (Å²) >= 11 is 6.94. The molecule has 1 unspecified atom stereocenters. The van der Waals surface area contributed by atoms with E-state index in [1.807, 2.05) is 12.1 Å². The SMILES string of the molecule is C=C(CC[C@@H]1O[C@H](CC(CO[Si](C)(C)C(C)(C)C)O[Si](C)(C)C(C)(C)C)C[C@H]1CS(=O)(=O)c1ccc(CC)cc1)C(=C)C[C@@H](Cl)CC[C@@H]1O[C@@H](CCC2OCCCO2)CC1=C. The lowest BCUT2D eigenvalue weighted by Gasteiger charge is -2.42. The smallest absolute Gasteiger partial charge is 0.192 e. The van der Waals surface area contributed by atoms with Gasteiger partial charge in [-0.05, 0) is 124 Å². The van der Waals surface area contributed by atoms with Crippen LogP contribution in [0.25, 0.3) is 0 Å². The molecule has 0 aromatic heterocycles. The van der Waals surface area contributed by atoms with Gasteiger partial charge in [0, 0.05) is 24.1 Å². The predicted octanol–water partition coefficient (Wildman–Crippen LogP) is 12.5. The van der Waals surface area contributed by atoms with Gasteiger partial charge < -0.3 is 27.8 Å². The van der Waals surface area contributed by atoms with E-state index in [2.05, 4.69) is 94.4 Å². The lowest BCUT2D eigenvalue weighted by molar-refractivity contribution is -0.184. The zero-order valence-corrected chi connectivity index (χ0v) is 43.5. The maximum Gasteiger partial charge on any atom is 0.192 e. The molecule has 348 valence electrons. The van der Waals surface area contributed by atoms with Crippen LogP contribution in [0.1, 0.15) is 125 Å². The molecular weight excluding hydrogens is 840 g/mol. The van der Waals surface area contributed by atoms with Gasteiger partial charge in [-0.2, -0.15) is 0 Å². The first-order valence-corrected chi connectivity index (χ1v) is 31.1. The van der Waals surface area contributed by atoms with Crippen LogP contribution in [0.4, 0.5) is 0 Å². The molecule has 0 saturated carbocycles. The minimum Gasteiger partial charge on any atom is -0.414 e. The van der Waals surface area contributed by atoms with E-state index in [9.17, 15) is 8.42 Å². The lowest BCUT2D eigenvalue weighted by Crippen LogP contribution is -2.48. The van der Waals surface area contributed by atoms with Crippen LogP contribution in [-0.2, 0) is 44.1 Å². The summed E-state index contributed by atoms with van der Waals surface area (Å²) in [6.45, 7) is 39.9. The summed E-state index contributed by atoms with van der Waals surface area (Å²) in [4.78, 5) is 0.366. The molecule has 12 heteroatoms. The normalized spacial score (nSPS) is 24.6. The standard InChI is InChI=1S/C49H83ClO8SSi2/c1-15-38-18-22-44(23-19-38)59(51,52)34-39-31-42(32-43(58-61(13,14)49(8,9)10)33-55-60(11,12)48(5,6)7)57-46(39)24-17-35(2)36(3)29-40(50)20-25-45-37(4)30-41(56-45)21-26-47-53-27-16-28-54-47/h18-19,22-23,39-43,45-47H,2-4,15-17,20-21,24-34H2,1,5-14H3/t39-,40-,41-,42-,43?,45-,46-/m0/s1. The number of ether oxygens (including phenoxy) is 4. The van der Waals surface area contributed by atoms with Crippen molar-refractivity contribution in [1.82, 2.24) is 0 Å². The van der Waals surface area contributed by atoms with E-state index < -0.39 is 26.5 Å². The lowest BCUT2D eigenvalue weighted by atomic mass is 9.92. The van der Waals surface area contributed by atoms with Gasteiger partial charge in [-0.1, -0.05) is 91.5 Å². The molecule has 3 aliphatic rings. The quantitative estimate of drug-likeness (QED) is 0.0464. The van der Waals surface area contributed by atoms with Crippen LogP contribution >= 0.6 is 11.6 Å². The monoisotopic (exact) mass is 923 g/mol. The van der Waals surface area contributed by atoms with E-state index in [0.717, 1.165) is 80.4 Å². The van der Waals surface area contributed by atoms with Crippen LogP contribution in [0.15, 0.2) is 65.6 Å². The molecule has 1 aromatic carbocycles. The number of hydrogen-bond acceptors (Lipinski definition) is 8. The Bertz CT molecular complexity index is 1690. The third kappa shape index (κ3) is 15.8. The highest BCUT2D eigenvalue weighted by Gasteiger charge is 2.44. The van der Waals surface area contributed by atoms with E-state index >= 15 is 0 Å². The molecule has 1 aromatic rings. The Hall–Kier alpha value is -1.13. The van der Waals surface area contributed by atoms with E-state index in [0.29, 0.717) is 43.6 Å². The Kier molecular flexibility index (Phi) is 19.3. The number of rotatable bonds is 23. The fourth-order valence-corrected chi connectivity index (χ4v) is 12.4. The molecule has 3 aliphatic heterocycles. The average Bonchev–Trinajstić information content (AvgIpc) is 3.73. The number of alkyl halides is 1. The number of aryl methyl sites for hydroxylation is 1. The molecule has 0 spiro atoms. The first-order chi connectivity index (χ1) is 28.3. The summed E-state index contributed by atoms with van der Waals surface area (Å²) in [5.74, 6) is -0.147. The fourth-order valence-electron chi connectivity index (χ4n) is 8.01. The van der Waals surface area contributed by atoms with E-state index in [-0.39, 0.29) is 63.9 Å². The highest BCUT2D eigenvalue weighted by atomic mass is 35.5. The van der Waals surface area contributed by atoms with Gasteiger partial charge in [0.15, 0.2) is 32.8 Å². The second-order valence-corrected chi connectivity index (χ2v) is 33.4. The van der Waals surface area contributed by atoms with Crippen molar-refractivity contribution in [3.63, 3.8) is 0 Å². The summed E-state index contributed by atoms with van der Waals surface area (Å²) < 4.78 is 66.5. The molecule has 4 rings (SSSR count). The van der Waals surface area contributed by atoms with Gasteiger partial charge in [0.05, 0.1) is 61.0 Å². The minimum absolute atomic E-state index is 0.00616. The number of sulfone groups is 1. The zero-order chi connectivity index (χ0) is 45.4. The Morgan fingerprint density at radius 2 is 1.52 bits per heavy atom. The molecule has 7 atom stereocenters. The molecule has 8 nitrogen and oxygen atoms in total. The van der Waals surface area contributed by atoms with Crippen LogP contribution in [0.2, 0.25) is 36.3 Å². The first-order valence-electron chi connectivity index (χ1n) is 23.2. The second-order valence-electron chi connectivity index (χ2n) is 21.2. The van der Waals surface area contributed by atoms with Gasteiger partial charge in [0.2, 0.25) is 0 Å². The van der Waals surface area contributed by atoms with Crippen molar-refractivity contribution in [2.24, 2.45) is 5.92 Å². The van der Waals surface area contributed by atoms with Crippen molar-refractivity contribution in [2.75, 3.05) is 25.6 Å². The largest absolute Gasteiger partial charge is 0.414 e. The molecule has 0 radical (unpaired) electrons. The van der Waals surface area contributed by atoms with E-state index in [4.69, 9.17) is 39.4 Å². The second kappa shape index (κ2) is 22.4. The third-order valence-electron chi connectivity index (χ3n) is 14.2. The zero-order valence-electron chi connectivity index (χ0n) is 39.9. The van der Waals surface area contributed by atoms with Crippen LogP contribution < -0.4 is 0 Å². The number of hydrogen-bond donors (Lipinski definition) is 0. The van der Waals surface area contributed by atoms with Crippen LogP contribution in [0, 0.1) is 5.92 Å². The molecule has 3 fully saturated rings. The molecule has 0 aliphatic carbocycles. The number of halogens is 1. The van der Waals surface area contributed by atoms with Crippen molar-refractivity contribution >= 4 is 38.1 Å². The van der Waals surface area contributed by atoms with Gasteiger partial charge in [-0.15, -0.1) is 11.6 Å². The highest BCUT2D eigenvalue weighted by Crippen LogP contribution is 2.42. The van der Waals surface area contributed by atoms with Gasteiger partial charge in [0.1, 0.15) is 0 Å². The third-order valence-corrected chi connectivity index (χ3v) is 25.4. The Labute approximate surface area is 379 Å². The maximum atomic E-state index is 14.0. The Morgan fingerprint density at radius 1 is 0.885 bits per heavy atom. The van der Waals surface area contributed by atoms with Crippen molar-refractivity contribution in [3.8, 4) is 0 Å². The fraction of sp³-hybridized carbons (Fsp3) is 0.755. The highest BCUT2D eigenvalue weighted by molar-refractivity contribution is 7.91. The van der Waals surface area contributed by atoms with Crippen LogP contribution in [-0.4, -0.2) is 92.8 Å². The van der Waals surface area contributed by atoms with Crippen molar-refractivity contribution in [2.45, 2.75) is 209 Å². The molecule has 0 N–H and O–H groups in total. The average molecular weight is 924 g/mol. The summed E-state index contributed by atoms with van der Waals surface area (Å²) in [6.07, 6.45) is 8.66.